The van der Waals surface area contributed by atoms with Crippen molar-refractivity contribution in [3.8, 4) is 16.9 Å². The van der Waals surface area contributed by atoms with Crippen LogP contribution in [0.2, 0.25) is 0 Å². The van der Waals surface area contributed by atoms with Gasteiger partial charge in [0.2, 0.25) is 0 Å². The highest BCUT2D eigenvalue weighted by Gasteiger charge is 2.15. The Hall–Kier alpha value is -2.69. The molecule has 2 aromatic carbocycles. The van der Waals surface area contributed by atoms with Crippen LogP contribution in [0.4, 0.5) is 4.39 Å². The highest BCUT2D eigenvalue weighted by atomic mass is 19.1. The molecule has 0 aliphatic carbocycles. The molecular weight excluding hydrogens is 283 g/mol. The molecule has 0 saturated heterocycles. The SMILES string of the molecule is COc1ccc(-c2c(F)ccc3nc(C)c(=O)n(C)c23)cc1. The smallest absolute Gasteiger partial charge is 0.272 e. The first-order valence-corrected chi connectivity index (χ1v) is 6.83. The van der Waals surface area contributed by atoms with E-state index < -0.39 is 5.82 Å². The maximum Gasteiger partial charge on any atom is 0.272 e. The van der Waals surface area contributed by atoms with E-state index >= 15 is 0 Å². The van der Waals surface area contributed by atoms with Gasteiger partial charge >= 0.3 is 0 Å². The Labute approximate surface area is 126 Å². The summed E-state index contributed by atoms with van der Waals surface area (Å²) < 4.78 is 21.0. The molecule has 1 aromatic heterocycles. The summed E-state index contributed by atoms with van der Waals surface area (Å²) in [5, 5.41) is 0. The summed E-state index contributed by atoms with van der Waals surface area (Å²) in [6, 6.07) is 10.0. The molecule has 3 aromatic rings. The molecule has 22 heavy (non-hydrogen) atoms. The second-order valence-corrected chi connectivity index (χ2v) is 5.08. The monoisotopic (exact) mass is 298 g/mol. The molecule has 0 aliphatic rings. The number of benzene rings is 2. The Morgan fingerprint density at radius 2 is 1.82 bits per heavy atom. The van der Waals surface area contributed by atoms with E-state index in [9.17, 15) is 9.18 Å². The van der Waals surface area contributed by atoms with Crippen molar-refractivity contribution in [2.75, 3.05) is 7.11 Å². The molecule has 0 N–H and O–H groups in total. The van der Waals surface area contributed by atoms with Crippen molar-refractivity contribution < 1.29 is 9.13 Å². The van der Waals surface area contributed by atoms with Gasteiger partial charge in [-0.2, -0.15) is 0 Å². The number of rotatable bonds is 2. The van der Waals surface area contributed by atoms with Gasteiger partial charge in [-0.15, -0.1) is 0 Å². The Morgan fingerprint density at radius 3 is 2.45 bits per heavy atom. The number of nitrogens with zero attached hydrogens (tertiary/aromatic N) is 2. The van der Waals surface area contributed by atoms with Crippen molar-refractivity contribution in [2.45, 2.75) is 6.92 Å². The average Bonchev–Trinajstić information content (AvgIpc) is 2.53. The van der Waals surface area contributed by atoms with E-state index in [-0.39, 0.29) is 5.56 Å². The third-order valence-electron chi connectivity index (χ3n) is 3.72. The molecule has 0 saturated carbocycles. The average molecular weight is 298 g/mol. The summed E-state index contributed by atoms with van der Waals surface area (Å²) in [6.45, 7) is 1.65. The van der Waals surface area contributed by atoms with E-state index in [0.29, 0.717) is 33.6 Å². The fraction of sp³-hybridized carbons (Fsp3) is 0.176. The van der Waals surface area contributed by atoms with Gasteiger partial charge in [-0.1, -0.05) is 12.1 Å². The summed E-state index contributed by atoms with van der Waals surface area (Å²) >= 11 is 0. The van der Waals surface area contributed by atoms with Crippen molar-refractivity contribution >= 4 is 11.0 Å². The normalized spacial score (nSPS) is 10.9. The molecule has 5 heteroatoms. The van der Waals surface area contributed by atoms with Gasteiger partial charge in [0, 0.05) is 12.6 Å². The second kappa shape index (κ2) is 5.26. The van der Waals surface area contributed by atoms with Crippen LogP contribution in [0.1, 0.15) is 5.69 Å². The first-order chi connectivity index (χ1) is 10.5. The summed E-state index contributed by atoms with van der Waals surface area (Å²) in [5.41, 5.74) is 2.28. The molecule has 0 fully saturated rings. The quantitative estimate of drug-likeness (QED) is 0.730. The molecule has 0 amide bonds. The molecule has 0 radical (unpaired) electrons. The molecule has 112 valence electrons. The molecule has 1 heterocycles. The van der Waals surface area contributed by atoms with Crippen molar-refractivity contribution in [1.82, 2.24) is 9.55 Å². The number of aromatic nitrogens is 2. The zero-order chi connectivity index (χ0) is 15.9. The van der Waals surface area contributed by atoms with Gasteiger partial charge in [-0.05, 0) is 36.8 Å². The number of methoxy groups -OCH3 is 1. The van der Waals surface area contributed by atoms with Crippen LogP contribution in [0.5, 0.6) is 5.75 Å². The van der Waals surface area contributed by atoms with E-state index in [0.717, 1.165) is 0 Å². The lowest BCUT2D eigenvalue weighted by molar-refractivity contribution is 0.415. The zero-order valence-corrected chi connectivity index (χ0v) is 12.6. The minimum Gasteiger partial charge on any atom is -0.497 e. The Balaban J connectivity index is 2.39. The van der Waals surface area contributed by atoms with E-state index in [1.165, 1.54) is 10.6 Å². The second-order valence-electron chi connectivity index (χ2n) is 5.08. The van der Waals surface area contributed by atoms with Crippen LogP contribution in [0.25, 0.3) is 22.2 Å². The summed E-state index contributed by atoms with van der Waals surface area (Å²) in [7, 11) is 3.20. The van der Waals surface area contributed by atoms with Crippen molar-refractivity contribution in [2.24, 2.45) is 7.05 Å². The number of halogens is 1. The Kier molecular flexibility index (Phi) is 3.41. The topological polar surface area (TPSA) is 44.1 Å². The van der Waals surface area contributed by atoms with Crippen LogP contribution < -0.4 is 10.3 Å². The van der Waals surface area contributed by atoms with Crippen molar-refractivity contribution in [1.29, 1.82) is 0 Å². The first-order valence-electron chi connectivity index (χ1n) is 6.83. The number of hydrogen-bond acceptors (Lipinski definition) is 3. The van der Waals surface area contributed by atoms with Gasteiger partial charge < -0.3 is 9.30 Å². The number of fused-ring (bicyclic) bond motifs is 1. The maximum absolute atomic E-state index is 14.4. The van der Waals surface area contributed by atoms with Crippen LogP contribution >= 0.6 is 0 Å². The minimum absolute atomic E-state index is 0.229. The van der Waals surface area contributed by atoms with Gasteiger partial charge in [-0.3, -0.25) is 4.79 Å². The summed E-state index contributed by atoms with van der Waals surface area (Å²) in [6.07, 6.45) is 0. The Bertz CT molecular complexity index is 915. The van der Waals surface area contributed by atoms with Gasteiger partial charge in [0.05, 0.1) is 18.1 Å². The van der Waals surface area contributed by atoms with Gasteiger partial charge in [0.1, 0.15) is 17.3 Å². The molecule has 0 aliphatic heterocycles. The first kappa shape index (κ1) is 14.3. The zero-order valence-electron chi connectivity index (χ0n) is 12.6. The largest absolute Gasteiger partial charge is 0.497 e. The lowest BCUT2D eigenvalue weighted by Gasteiger charge is -2.12. The van der Waals surface area contributed by atoms with Crippen LogP contribution in [0, 0.1) is 12.7 Å². The molecule has 0 bridgehead atoms. The van der Waals surface area contributed by atoms with Crippen molar-refractivity contribution in [3.05, 3.63) is 58.3 Å². The highest BCUT2D eigenvalue weighted by Crippen LogP contribution is 2.31. The van der Waals surface area contributed by atoms with E-state index in [4.69, 9.17) is 4.74 Å². The predicted octanol–water partition coefficient (Wildman–Crippen LogP) is 3.06. The minimum atomic E-state index is -0.390. The maximum atomic E-state index is 14.4. The van der Waals surface area contributed by atoms with Gasteiger partial charge in [0.25, 0.3) is 5.56 Å². The molecule has 3 rings (SSSR count). The summed E-state index contributed by atoms with van der Waals surface area (Å²) in [5.74, 6) is 0.297. The van der Waals surface area contributed by atoms with E-state index in [2.05, 4.69) is 4.98 Å². The fourth-order valence-corrected chi connectivity index (χ4v) is 2.59. The molecular formula is C17H15FN2O2. The highest BCUT2D eigenvalue weighted by molar-refractivity contribution is 5.92. The molecule has 0 unspecified atom stereocenters. The predicted molar refractivity (Wildman–Crippen MR) is 83.7 cm³/mol. The Morgan fingerprint density at radius 1 is 1.14 bits per heavy atom. The third kappa shape index (κ3) is 2.15. The number of aryl methyl sites for hydroxylation is 2. The summed E-state index contributed by atoms with van der Waals surface area (Å²) in [4.78, 5) is 16.4. The third-order valence-corrected chi connectivity index (χ3v) is 3.72. The lowest BCUT2D eigenvalue weighted by Crippen LogP contribution is -2.21. The molecule has 0 atom stereocenters. The van der Waals surface area contributed by atoms with Gasteiger partial charge in [0.15, 0.2) is 0 Å². The molecule has 0 spiro atoms. The van der Waals surface area contributed by atoms with Crippen LogP contribution in [-0.2, 0) is 7.05 Å². The standard InChI is InChI=1S/C17H15FN2O2/c1-10-17(21)20(2)16-14(19-10)9-8-13(18)15(16)11-4-6-12(22-3)7-5-11/h4-9H,1-3H3. The van der Waals surface area contributed by atoms with Crippen LogP contribution in [0.15, 0.2) is 41.2 Å². The number of hydrogen-bond donors (Lipinski definition) is 0. The fourth-order valence-electron chi connectivity index (χ4n) is 2.59. The van der Waals surface area contributed by atoms with Crippen molar-refractivity contribution in [3.63, 3.8) is 0 Å². The van der Waals surface area contributed by atoms with Crippen LogP contribution in [0.3, 0.4) is 0 Å². The number of ether oxygens (including phenoxy) is 1. The van der Waals surface area contributed by atoms with E-state index in [1.54, 1.807) is 51.4 Å². The van der Waals surface area contributed by atoms with E-state index in [1.807, 2.05) is 0 Å². The van der Waals surface area contributed by atoms with Crippen LogP contribution in [-0.4, -0.2) is 16.7 Å². The van der Waals surface area contributed by atoms with Gasteiger partial charge in [-0.25, -0.2) is 9.37 Å². The lowest BCUT2D eigenvalue weighted by atomic mass is 10.0. The molecule has 4 nitrogen and oxygen atoms in total.